The molecule has 0 aliphatic rings. The van der Waals surface area contributed by atoms with Crippen LogP contribution < -0.4 is 5.43 Å². The molecular formula is C15H16O3. The highest BCUT2D eigenvalue weighted by Gasteiger charge is 2.14. The van der Waals surface area contributed by atoms with Crippen LogP contribution >= 0.6 is 0 Å². The molecule has 0 unspecified atom stereocenters. The molecule has 0 fully saturated rings. The van der Waals surface area contributed by atoms with Gasteiger partial charge in [-0.2, -0.15) is 0 Å². The molecule has 0 bridgehead atoms. The van der Waals surface area contributed by atoms with Crippen molar-refractivity contribution in [2.24, 2.45) is 0 Å². The molecule has 0 aliphatic carbocycles. The zero-order valence-electron chi connectivity index (χ0n) is 11.0. The van der Waals surface area contributed by atoms with E-state index < -0.39 is 0 Å². The summed E-state index contributed by atoms with van der Waals surface area (Å²) in [5, 5.41) is 0.584. The fraction of sp³-hybridized carbons (Fsp3) is 0.333. The van der Waals surface area contributed by atoms with Gasteiger partial charge in [0.25, 0.3) is 0 Å². The molecule has 1 aromatic heterocycles. The fourth-order valence-corrected chi connectivity index (χ4v) is 2.09. The number of aryl methyl sites for hydroxylation is 1. The highest BCUT2D eigenvalue weighted by atomic mass is 16.3. The maximum atomic E-state index is 12.1. The van der Waals surface area contributed by atoms with E-state index in [-0.39, 0.29) is 22.9 Å². The van der Waals surface area contributed by atoms with E-state index in [2.05, 4.69) is 0 Å². The Balaban J connectivity index is 2.91. The second-order valence-corrected chi connectivity index (χ2v) is 4.91. The van der Waals surface area contributed by atoms with Crippen LogP contribution in [0.15, 0.2) is 27.4 Å². The van der Waals surface area contributed by atoms with Gasteiger partial charge in [-0.1, -0.05) is 19.9 Å². The summed E-state index contributed by atoms with van der Waals surface area (Å²) in [5.74, 6) is 0.118. The third kappa shape index (κ3) is 2.08. The zero-order valence-corrected chi connectivity index (χ0v) is 11.0. The molecule has 0 saturated heterocycles. The molecule has 0 amide bonds. The number of ketones is 1. The Morgan fingerprint density at radius 1 is 1.22 bits per heavy atom. The van der Waals surface area contributed by atoms with Crippen LogP contribution in [0.3, 0.4) is 0 Å². The van der Waals surface area contributed by atoms with E-state index in [0.717, 1.165) is 11.1 Å². The summed E-state index contributed by atoms with van der Waals surface area (Å²) in [4.78, 5) is 23.4. The van der Waals surface area contributed by atoms with Crippen molar-refractivity contribution < 1.29 is 9.21 Å². The monoisotopic (exact) mass is 244 g/mol. The van der Waals surface area contributed by atoms with Crippen LogP contribution in [0.25, 0.3) is 11.0 Å². The normalized spacial score (nSPS) is 11.2. The second kappa shape index (κ2) is 4.41. The van der Waals surface area contributed by atoms with E-state index in [9.17, 15) is 9.59 Å². The third-order valence-electron chi connectivity index (χ3n) is 2.97. The van der Waals surface area contributed by atoms with Crippen LogP contribution in [-0.2, 0) is 0 Å². The Morgan fingerprint density at radius 2 is 1.89 bits per heavy atom. The van der Waals surface area contributed by atoms with Gasteiger partial charge in [0.1, 0.15) is 5.58 Å². The molecule has 0 N–H and O–H groups in total. The van der Waals surface area contributed by atoms with E-state index in [1.165, 1.54) is 13.0 Å². The molecule has 0 aliphatic heterocycles. The zero-order chi connectivity index (χ0) is 13.4. The summed E-state index contributed by atoms with van der Waals surface area (Å²) in [5.41, 5.74) is 2.34. The van der Waals surface area contributed by atoms with E-state index in [1.54, 1.807) is 6.07 Å². The molecule has 0 radical (unpaired) electrons. The lowest BCUT2D eigenvalue weighted by atomic mass is 9.96. The molecule has 94 valence electrons. The van der Waals surface area contributed by atoms with Gasteiger partial charge < -0.3 is 4.42 Å². The van der Waals surface area contributed by atoms with Crippen molar-refractivity contribution in [2.45, 2.75) is 33.6 Å². The topological polar surface area (TPSA) is 47.3 Å². The van der Waals surface area contributed by atoms with E-state index in [1.807, 2.05) is 26.8 Å². The Labute approximate surface area is 105 Å². The molecule has 2 aromatic rings. The van der Waals surface area contributed by atoms with Gasteiger partial charge in [-0.15, -0.1) is 0 Å². The average molecular weight is 244 g/mol. The van der Waals surface area contributed by atoms with E-state index >= 15 is 0 Å². The molecule has 2 rings (SSSR count). The van der Waals surface area contributed by atoms with Crippen LogP contribution in [0, 0.1) is 6.92 Å². The summed E-state index contributed by atoms with van der Waals surface area (Å²) < 4.78 is 5.53. The van der Waals surface area contributed by atoms with Gasteiger partial charge in [0.15, 0.2) is 17.0 Å². The second-order valence-electron chi connectivity index (χ2n) is 4.91. The van der Waals surface area contributed by atoms with Gasteiger partial charge in [-0.3, -0.25) is 9.59 Å². The fourth-order valence-electron chi connectivity index (χ4n) is 2.09. The molecule has 1 aromatic carbocycles. The minimum Gasteiger partial charge on any atom is -0.453 e. The largest absolute Gasteiger partial charge is 0.453 e. The minimum absolute atomic E-state index is 0.118. The lowest BCUT2D eigenvalue weighted by Crippen LogP contribution is -2.08. The number of Topliss-reactive ketones (excluding diaryl/α,β-unsaturated/α-hetero) is 1. The lowest BCUT2D eigenvalue weighted by Gasteiger charge is -2.10. The number of fused-ring (bicyclic) bond motifs is 1. The first-order valence-electron chi connectivity index (χ1n) is 5.99. The van der Waals surface area contributed by atoms with Crippen LogP contribution in [0.4, 0.5) is 0 Å². The van der Waals surface area contributed by atoms with Gasteiger partial charge in [0.05, 0.1) is 5.39 Å². The first kappa shape index (κ1) is 12.6. The van der Waals surface area contributed by atoms with Crippen LogP contribution in [0.2, 0.25) is 0 Å². The first-order chi connectivity index (χ1) is 8.40. The molecule has 3 heteroatoms. The predicted octanol–water partition coefficient (Wildman–Crippen LogP) is 3.43. The Bertz CT molecular complexity index is 678. The smallest absolute Gasteiger partial charge is 0.195 e. The van der Waals surface area contributed by atoms with Crippen molar-refractivity contribution >= 4 is 16.8 Å². The van der Waals surface area contributed by atoms with Gasteiger partial charge >= 0.3 is 0 Å². The quantitative estimate of drug-likeness (QED) is 0.760. The molecule has 0 saturated carbocycles. The lowest BCUT2D eigenvalue weighted by molar-refractivity contribution is 0.0988. The standard InChI is InChI=1S/C15H16O3/c1-8(2)11-5-9(3)6-14-15(11)12(17)7-13(18-14)10(4)16/h5-8H,1-4H3. The first-order valence-corrected chi connectivity index (χ1v) is 5.99. The molecule has 0 atom stereocenters. The Morgan fingerprint density at radius 3 is 2.44 bits per heavy atom. The summed E-state index contributed by atoms with van der Waals surface area (Å²) >= 11 is 0. The molecular weight excluding hydrogens is 228 g/mol. The van der Waals surface area contributed by atoms with Crippen LogP contribution in [-0.4, -0.2) is 5.78 Å². The average Bonchev–Trinajstić information content (AvgIpc) is 2.26. The van der Waals surface area contributed by atoms with Crippen LogP contribution in [0.5, 0.6) is 0 Å². The van der Waals surface area contributed by atoms with Crippen LogP contribution in [0.1, 0.15) is 48.4 Å². The molecule has 18 heavy (non-hydrogen) atoms. The highest BCUT2D eigenvalue weighted by molar-refractivity contribution is 5.93. The number of benzene rings is 1. The van der Waals surface area contributed by atoms with Crippen molar-refractivity contribution in [1.82, 2.24) is 0 Å². The molecule has 3 nitrogen and oxygen atoms in total. The Kier molecular flexibility index (Phi) is 3.07. The third-order valence-corrected chi connectivity index (χ3v) is 2.97. The van der Waals surface area contributed by atoms with Gasteiger partial charge in [-0.05, 0) is 30.0 Å². The predicted molar refractivity (Wildman–Crippen MR) is 71.3 cm³/mol. The minimum atomic E-state index is -0.235. The summed E-state index contributed by atoms with van der Waals surface area (Å²) in [6.45, 7) is 7.41. The van der Waals surface area contributed by atoms with Gasteiger partial charge in [-0.25, -0.2) is 0 Å². The summed E-state index contributed by atoms with van der Waals surface area (Å²) in [6, 6.07) is 5.08. The number of hydrogen-bond acceptors (Lipinski definition) is 3. The Hall–Kier alpha value is -1.90. The number of rotatable bonds is 2. The number of hydrogen-bond donors (Lipinski definition) is 0. The summed E-state index contributed by atoms with van der Waals surface area (Å²) in [7, 11) is 0. The van der Waals surface area contributed by atoms with Crippen molar-refractivity contribution in [3.63, 3.8) is 0 Å². The molecule has 0 spiro atoms. The van der Waals surface area contributed by atoms with Crippen molar-refractivity contribution in [2.75, 3.05) is 0 Å². The van der Waals surface area contributed by atoms with Crippen molar-refractivity contribution in [3.8, 4) is 0 Å². The maximum Gasteiger partial charge on any atom is 0.195 e. The number of carbonyl (C=O) groups excluding carboxylic acids is 1. The molecule has 1 heterocycles. The highest BCUT2D eigenvalue weighted by Crippen LogP contribution is 2.25. The SMILES string of the molecule is CC(=O)c1cc(=O)c2c(C(C)C)cc(C)cc2o1. The van der Waals surface area contributed by atoms with Gasteiger partial charge in [0, 0.05) is 13.0 Å². The summed E-state index contributed by atoms with van der Waals surface area (Å²) in [6.07, 6.45) is 0. The van der Waals surface area contributed by atoms with E-state index in [4.69, 9.17) is 4.42 Å². The van der Waals surface area contributed by atoms with E-state index in [0.29, 0.717) is 11.0 Å². The number of carbonyl (C=O) groups is 1. The van der Waals surface area contributed by atoms with Crippen molar-refractivity contribution in [3.05, 3.63) is 45.3 Å². The van der Waals surface area contributed by atoms with Crippen molar-refractivity contribution in [1.29, 1.82) is 0 Å². The van der Waals surface area contributed by atoms with Gasteiger partial charge in [0.2, 0.25) is 0 Å². The maximum absolute atomic E-state index is 12.1.